The lowest BCUT2D eigenvalue weighted by atomic mass is 9.99. The summed E-state index contributed by atoms with van der Waals surface area (Å²) in [6, 6.07) is 0. The van der Waals surface area contributed by atoms with Crippen LogP contribution >= 0.6 is 15.6 Å². The van der Waals surface area contributed by atoms with E-state index in [4.69, 9.17) is 37.0 Å². The predicted molar refractivity (Wildman–Crippen MR) is 372 cm³/mol. The van der Waals surface area contributed by atoms with Crippen molar-refractivity contribution >= 4 is 39.5 Å². The van der Waals surface area contributed by atoms with Crippen LogP contribution in [-0.4, -0.2) is 96.7 Å². The van der Waals surface area contributed by atoms with E-state index in [1.807, 2.05) is 0 Å². The lowest BCUT2D eigenvalue weighted by Gasteiger charge is -2.21. The molecular formula is C73H142O17P2. The second-order valence-corrected chi connectivity index (χ2v) is 30.2. The van der Waals surface area contributed by atoms with Crippen LogP contribution in [0.1, 0.15) is 370 Å². The van der Waals surface area contributed by atoms with Gasteiger partial charge in [-0.3, -0.25) is 37.3 Å². The third-order valence-corrected chi connectivity index (χ3v) is 19.5. The normalized spacial score (nSPS) is 14.7. The van der Waals surface area contributed by atoms with E-state index < -0.39 is 97.5 Å². The van der Waals surface area contributed by atoms with Crippen LogP contribution in [-0.2, 0) is 65.4 Å². The molecule has 7 atom stereocenters. The Bertz CT molecular complexity index is 1810. The number of aliphatic hydroxyl groups excluding tert-OH is 1. The Morgan fingerprint density at radius 3 is 0.826 bits per heavy atom. The zero-order valence-corrected chi connectivity index (χ0v) is 61.8. The Morgan fingerprint density at radius 2 is 0.554 bits per heavy atom. The lowest BCUT2D eigenvalue weighted by Crippen LogP contribution is -2.30. The third kappa shape index (κ3) is 64.1. The Morgan fingerprint density at radius 1 is 0.315 bits per heavy atom. The maximum atomic E-state index is 13.1. The Labute approximate surface area is 562 Å². The van der Waals surface area contributed by atoms with Crippen LogP contribution in [0.4, 0.5) is 0 Å². The number of unbranched alkanes of at least 4 members (excludes halogenated alkanes) is 37. The molecule has 0 amide bonds. The minimum Gasteiger partial charge on any atom is -0.462 e. The molecule has 0 spiro atoms. The number of aliphatic hydroxyl groups is 1. The van der Waals surface area contributed by atoms with Gasteiger partial charge in [-0.1, -0.05) is 318 Å². The quantitative estimate of drug-likeness (QED) is 0.0222. The summed E-state index contributed by atoms with van der Waals surface area (Å²) in [4.78, 5) is 72.5. The summed E-state index contributed by atoms with van der Waals surface area (Å²) in [5.74, 6) is 0.216. The molecule has 0 aromatic heterocycles. The number of esters is 4. The summed E-state index contributed by atoms with van der Waals surface area (Å²) in [6.07, 6.45) is 48.8. The van der Waals surface area contributed by atoms with Crippen LogP contribution in [0, 0.1) is 17.8 Å². The van der Waals surface area contributed by atoms with Gasteiger partial charge in [0.05, 0.1) is 26.4 Å². The van der Waals surface area contributed by atoms with Gasteiger partial charge in [0, 0.05) is 25.7 Å². The molecule has 17 nitrogen and oxygen atoms in total. The van der Waals surface area contributed by atoms with Gasteiger partial charge < -0.3 is 33.8 Å². The monoisotopic (exact) mass is 1350 g/mol. The summed E-state index contributed by atoms with van der Waals surface area (Å²) in [6.45, 7) is 11.8. The van der Waals surface area contributed by atoms with Gasteiger partial charge in [-0.25, -0.2) is 9.13 Å². The first-order valence-electron chi connectivity index (χ1n) is 37.9. The molecule has 0 radical (unpaired) electrons. The van der Waals surface area contributed by atoms with Crippen LogP contribution in [0.3, 0.4) is 0 Å². The zero-order chi connectivity index (χ0) is 68.0. The van der Waals surface area contributed by atoms with Crippen molar-refractivity contribution in [2.24, 2.45) is 17.8 Å². The molecule has 0 aromatic carbocycles. The molecule has 0 rings (SSSR count). The minimum atomic E-state index is -4.95. The molecule has 0 saturated heterocycles. The number of carbonyl (C=O) groups is 4. The van der Waals surface area contributed by atoms with Crippen molar-refractivity contribution in [1.29, 1.82) is 0 Å². The van der Waals surface area contributed by atoms with Gasteiger partial charge in [0.15, 0.2) is 12.2 Å². The van der Waals surface area contributed by atoms with E-state index in [2.05, 4.69) is 48.5 Å². The number of phosphoric acid groups is 2. The van der Waals surface area contributed by atoms with Gasteiger partial charge in [0.1, 0.15) is 19.3 Å². The maximum absolute atomic E-state index is 13.1. The molecule has 0 bridgehead atoms. The highest BCUT2D eigenvalue weighted by Gasteiger charge is 2.30. The fraction of sp³-hybridized carbons (Fsp3) is 0.945. The topological polar surface area (TPSA) is 237 Å². The largest absolute Gasteiger partial charge is 0.472 e. The second-order valence-electron chi connectivity index (χ2n) is 27.3. The molecule has 19 heteroatoms. The summed E-state index contributed by atoms with van der Waals surface area (Å²) < 4.78 is 68.3. The Hall–Kier alpha value is -1.94. The average molecular weight is 1350 g/mol. The van der Waals surface area contributed by atoms with E-state index in [-0.39, 0.29) is 25.7 Å². The fourth-order valence-corrected chi connectivity index (χ4v) is 12.6. The average Bonchev–Trinajstić information content (AvgIpc) is 2.32. The van der Waals surface area contributed by atoms with Gasteiger partial charge >= 0.3 is 39.5 Å². The van der Waals surface area contributed by atoms with Gasteiger partial charge in [-0.05, 0) is 43.4 Å². The maximum Gasteiger partial charge on any atom is 0.472 e. The van der Waals surface area contributed by atoms with Crippen LogP contribution in [0.5, 0.6) is 0 Å². The van der Waals surface area contributed by atoms with Crippen molar-refractivity contribution in [1.82, 2.24) is 0 Å². The van der Waals surface area contributed by atoms with Gasteiger partial charge in [0.25, 0.3) is 0 Å². The summed E-state index contributed by atoms with van der Waals surface area (Å²) in [7, 11) is -9.90. The highest BCUT2D eigenvalue weighted by Crippen LogP contribution is 2.45. The molecule has 92 heavy (non-hydrogen) atoms. The van der Waals surface area contributed by atoms with Gasteiger partial charge in [-0.2, -0.15) is 0 Å². The summed E-state index contributed by atoms with van der Waals surface area (Å²) >= 11 is 0. The molecule has 0 aliphatic heterocycles. The predicted octanol–water partition coefficient (Wildman–Crippen LogP) is 21.0. The molecule has 0 aliphatic rings. The molecule has 0 aliphatic carbocycles. The fourth-order valence-electron chi connectivity index (χ4n) is 11.0. The standard InChI is InChI=1S/C73H142O17P2/c1-8-11-12-13-14-33-40-47-54-70(75)83-60-69(90-73(78)57-50-43-36-29-30-37-44-51-64(4)5)63-88-92(81,82)86-59-67(74)58-85-91(79,80)87-62-68(61-84-71(76)55-48-41-34-28-27-32-39-46-53-66(7)10-3)89-72(77)56-49-42-35-26-24-22-20-18-16-15-17-19-21-23-25-31-38-45-52-65(6)9-2/h64-69,74H,8-63H2,1-7H3,(H,79,80)(H,81,82)/t65?,66?,67-,68-,69-/m1/s1. The molecule has 546 valence electrons. The van der Waals surface area contributed by atoms with E-state index in [0.717, 1.165) is 108 Å². The number of rotatable bonds is 71. The van der Waals surface area contributed by atoms with Crippen LogP contribution in [0.25, 0.3) is 0 Å². The first-order valence-corrected chi connectivity index (χ1v) is 40.9. The number of hydrogen-bond donors (Lipinski definition) is 3. The van der Waals surface area contributed by atoms with Crippen molar-refractivity contribution in [3.63, 3.8) is 0 Å². The van der Waals surface area contributed by atoms with E-state index in [1.54, 1.807) is 0 Å². The first kappa shape index (κ1) is 90.1. The van der Waals surface area contributed by atoms with Crippen molar-refractivity contribution in [2.75, 3.05) is 39.6 Å². The highest BCUT2D eigenvalue weighted by atomic mass is 31.2. The number of carbonyl (C=O) groups excluding carboxylic acids is 4. The van der Waals surface area contributed by atoms with E-state index in [0.29, 0.717) is 31.6 Å². The van der Waals surface area contributed by atoms with E-state index >= 15 is 0 Å². The van der Waals surface area contributed by atoms with Crippen LogP contribution in [0.15, 0.2) is 0 Å². The summed E-state index contributed by atoms with van der Waals surface area (Å²) in [5, 5.41) is 10.6. The highest BCUT2D eigenvalue weighted by molar-refractivity contribution is 7.47. The molecule has 0 aromatic rings. The van der Waals surface area contributed by atoms with Crippen LogP contribution in [0.2, 0.25) is 0 Å². The number of phosphoric ester groups is 2. The number of hydrogen-bond acceptors (Lipinski definition) is 15. The van der Waals surface area contributed by atoms with Crippen molar-refractivity contribution in [3.05, 3.63) is 0 Å². The van der Waals surface area contributed by atoms with Crippen LogP contribution < -0.4 is 0 Å². The van der Waals surface area contributed by atoms with E-state index in [9.17, 15) is 43.2 Å². The summed E-state index contributed by atoms with van der Waals surface area (Å²) in [5.41, 5.74) is 0. The van der Waals surface area contributed by atoms with E-state index in [1.165, 1.54) is 173 Å². The molecule has 3 N–H and O–H groups in total. The minimum absolute atomic E-state index is 0.103. The number of ether oxygens (including phenoxy) is 4. The van der Waals surface area contributed by atoms with Gasteiger partial charge in [-0.15, -0.1) is 0 Å². The molecular weight excluding hydrogens is 1210 g/mol. The van der Waals surface area contributed by atoms with Crippen molar-refractivity contribution in [3.8, 4) is 0 Å². The first-order chi connectivity index (χ1) is 44.3. The second kappa shape index (κ2) is 63.8. The zero-order valence-electron chi connectivity index (χ0n) is 60.0. The van der Waals surface area contributed by atoms with Gasteiger partial charge in [0.2, 0.25) is 0 Å². The Balaban J connectivity index is 5.15. The molecule has 4 unspecified atom stereocenters. The molecule has 0 heterocycles. The van der Waals surface area contributed by atoms with Crippen molar-refractivity contribution in [2.45, 2.75) is 388 Å². The van der Waals surface area contributed by atoms with Crippen molar-refractivity contribution < 1.29 is 80.2 Å². The SMILES string of the molecule is CCCCCCCCCCC(=O)OC[C@H](COP(=O)(O)OC[C@H](O)COP(=O)(O)OC[C@@H](COC(=O)CCCCCCCCCCC(C)CC)OC(=O)CCCCCCCCCCCCCCCCCCCCC(C)CC)OC(=O)CCCCCCCCCC(C)C. The lowest BCUT2D eigenvalue weighted by molar-refractivity contribution is -0.161. The smallest absolute Gasteiger partial charge is 0.462 e. The molecule has 0 fully saturated rings. The molecule has 0 saturated carbocycles. The Kier molecular flexibility index (Phi) is 62.4. The third-order valence-electron chi connectivity index (χ3n) is 17.6.